The molecule has 0 atom stereocenters. The minimum Gasteiger partial charge on any atom is -0.343 e. The number of nitrogens with zero attached hydrogens (tertiary/aromatic N) is 1. The molecule has 0 fully saturated rings. The molecule has 0 spiro atoms. The first-order chi connectivity index (χ1) is 8.91. The quantitative estimate of drug-likeness (QED) is 0.829. The minimum atomic E-state index is -4.40. The van der Waals surface area contributed by atoms with Crippen molar-refractivity contribution in [2.75, 3.05) is 0 Å². The lowest BCUT2D eigenvalue weighted by atomic mass is 10.0. The van der Waals surface area contributed by atoms with Crippen LogP contribution in [0.4, 0.5) is 13.2 Å². The van der Waals surface area contributed by atoms with E-state index in [1.54, 1.807) is 6.07 Å². The van der Waals surface area contributed by atoms with Gasteiger partial charge >= 0.3 is 6.18 Å². The molecule has 1 heterocycles. The first-order valence-electron chi connectivity index (χ1n) is 5.68. The first kappa shape index (κ1) is 13.7. The van der Waals surface area contributed by atoms with Crippen LogP contribution in [0.1, 0.15) is 18.3 Å². The molecule has 1 aromatic carbocycles. The van der Waals surface area contributed by atoms with Crippen molar-refractivity contribution in [1.29, 1.82) is 0 Å². The van der Waals surface area contributed by atoms with E-state index >= 15 is 0 Å². The van der Waals surface area contributed by atoms with Crippen LogP contribution < -0.4 is 0 Å². The van der Waals surface area contributed by atoms with Crippen LogP contribution in [0.5, 0.6) is 0 Å². The molecule has 0 radical (unpaired) electrons. The summed E-state index contributed by atoms with van der Waals surface area (Å²) in [5.74, 6) is 0.569. The number of aryl methyl sites for hydroxylation is 1. The predicted octanol–water partition coefficient (Wildman–Crippen LogP) is 4.39. The lowest BCUT2D eigenvalue weighted by Gasteiger charge is -2.13. The van der Waals surface area contributed by atoms with Crippen LogP contribution in [0.15, 0.2) is 30.3 Å². The fourth-order valence-electron chi connectivity index (χ4n) is 1.79. The third-order valence-corrected chi connectivity index (χ3v) is 2.86. The van der Waals surface area contributed by atoms with E-state index in [9.17, 15) is 13.2 Å². The lowest BCUT2D eigenvalue weighted by molar-refractivity contribution is -0.137. The lowest BCUT2D eigenvalue weighted by Crippen LogP contribution is -2.08. The van der Waals surface area contributed by atoms with Crippen LogP contribution in [0.3, 0.4) is 0 Å². The van der Waals surface area contributed by atoms with Crippen molar-refractivity contribution in [1.82, 2.24) is 9.97 Å². The van der Waals surface area contributed by atoms with Crippen molar-refractivity contribution in [2.24, 2.45) is 0 Å². The SMILES string of the molecule is CCc1nc(=S)cc(-c2ccccc2C(F)(F)F)[nH]1. The fraction of sp³-hybridized carbons (Fsp3) is 0.231. The Morgan fingerprint density at radius 1 is 1.26 bits per heavy atom. The summed E-state index contributed by atoms with van der Waals surface area (Å²) in [5, 5.41) is 0. The molecular weight excluding hydrogens is 273 g/mol. The van der Waals surface area contributed by atoms with Crippen LogP contribution in [0.2, 0.25) is 0 Å². The summed E-state index contributed by atoms with van der Waals surface area (Å²) in [6.07, 6.45) is -3.83. The predicted molar refractivity (Wildman–Crippen MR) is 69.2 cm³/mol. The van der Waals surface area contributed by atoms with Gasteiger partial charge in [-0.05, 0) is 12.1 Å². The number of hydrogen-bond acceptors (Lipinski definition) is 2. The third-order valence-electron chi connectivity index (χ3n) is 2.65. The number of H-pyrrole nitrogens is 1. The van der Waals surface area contributed by atoms with Gasteiger partial charge in [0.05, 0.1) is 11.3 Å². The maximum absolute atomic E-state index is 13.0. The number of halogens is 3. The topological polar surface area (TPSA) is 28.7 Å². The second-order valence-electron chi connectivity index (χ2n) is 3.98. The second-order valence-corrected chi connectivity index (χ2v) is 4.39. The molecule has 0 unspecified atom stereocenters. The summed E-state index contributed by atoms with van der Waals surface area (Å²) in [4.78, 5) is 6.93. The van der Waals surface area contributed by atoms with Gasteiger partial charge in [-0.15, -0.1) is 0 Å². The molecule has 0 saturated heterocycles. The van der Waals surface area contributed by atoms with Crippen LogP contribution >= 0.6 is 12.2 Å². The molecule has 0 aliphatic carbocycles. The largest absolute Gasteiger partial charge is 0.417 e. The number of hydrogen-bond donors (Lipinski definition) is 1. The summed E-state index contributed by atoms with van der Waals surface area (Å²) < 4.78 is 39.2. The van der Waals surface area contributed by atoms with Crippen molar-refractivity contribution < 1.29 is 13.2 Å². The normalized spacial score (nSPS) is 11.6. The summed E-state index contributed by atoms with van der Waals surface area (Å²) in [6, 6.07) is 6.84. The summed E-state index contributed by atoms with van der Waals surface area (Å²) in [6.45, 7) is 1.85. The number of alkyl halides is 3. The van der Waals surface area contributed by atoms with Crippen molar-refractivity contribution >= 4 is 12.2 Å². The summed E-state index contributed by atoms with van der Waals surface area (Å²) in [5.41, 5.74) is -0.267. The van der Waals surface area contributed by atoms with Gasteiger partial charge in [0.15, 0.2) is 0 Å². The molecule has 0 saturated carbocycles. The molecule has 100 valence electrons. The summed E-state index contributed by atoms with van der Waals surface area (Å²) >= 11 is 4.98. The molecule has 2 aromatic rings. The number of nitrogens with one attached hydrogen (secondary N) is 1. The van der Waals surface area contributed by atoms with Gasteiger partial charge < -0.3 is 4.98 Å². The molecule has 2 nitrogen and oxygen atoms in total. The van der Waals surface area contributed by atoms with Gasteiger partial charge in [0.2, 0.25) is 0 Å². The zero-order chi connectivity index (χ0) is 14.0. The second kappa shape index (κ2) is 5.13. The van der Waals surface area contributed by atoms with Crippen molar-refractivity contribution in [3.05, 3.63) is 46.4 Å². The molecule has 0 aliphatic rings. The maximum Gasteiger partial charge on any atom is 0.417 e. The zero-order valence-corrected chi connectivity index (χ0v) is 10.9. The smallest absolute Gasteiger partial charge is 0.343 e. The van der Waals surface area contributed by atoms with Crippen LogP contribution in [0, 0.1) is 4.64 Å². The standard InChI is InChI=1S/C13H11F3N2S/c1-2-11-17-10(7-12(19)18-11)8-5-3-4-6-9(8)13(14,15)16/h3-7H,2H2,1H3,(H,17,18,19). The van der Waals surface area contributed by atoms with E-state index in [0.717, 1.165) is 6.07 Å². The van der Waals surface area contributed by atoms with E-state index in [1.165, 1.54) is 18.2 Å². The highest BCUT2D eigenvalue weighted by molar-refractivity contribution is 7.71. The van der Waals surface area contributed by atoms with Crippen molar-refractivity contribution in [3.8, 4) is 11.3 Å². The molecule has 0 amide bonds. The van der Waals surface area contributed by atoms with Gasteiger partial charge in [0, 0.05) is 12.0 Å². The van der Waals surface area contributed by atoms with E-state index in [4.69, 9.17) is 12.2 Å². The van der Waals surface area contributed by atoms with Crippen LogP contribution in [-0.2, 0) is 12.6 Å². The molecule has 0 aliphatic heterocycles. The Hall–Kier alpha value is -1.69. The van der Waals surface area contributed by atoms with E-state index in [2.05, 4.69) is 9.97 Å². The van der Waals surface area contributed by atoms with E-state index in [0.29, 0.717) is 17.9 Å². The number of rotatable bonds is 2. The highest BCUT2D eigenvalue weighted by Crippen LogP contribution is 2.36. The van der Waals surface area contributed by atoms with E-state index in [1.807, 2.05) is 6.92 Å². The highest BCUT2D eigenvalue weighted by atomic mass is 32.1. The van der Waals surface area contributed by atoms with Crippen LogP contribution in [0.25, 0.3) is 11.3 Å². The van der Waals surface area contributed by atoms with Gasteiger partial charge in [0.25, 0.3) is 0 Å². The molecule has 0 bridgehead atoms. The Morgan fingerprint density at radius 3 is 2.58 bits per heavy atom. The Balaban J connectivity index is 2.66. The molecular formula is C13H11F3N2S. The number of benzene rings is 1. The van der Waals surface area contributed by atoms with Crippen LogP contribution in [-0.4, -0.2) is 9.97 Å². The zero-order valence-electron chi connectivity index (χ0n) is 10.1. The van der Waals surface area contributed by atoms with Gasteiger partial charge in [-0.1, -0.05) is 37.3 Å². The van der Waals surface area contributed by atoms with Crippen molar-refractivity contribution in [2.45, 2.75) is 19.5 Å². The van der Waals surface area contributed by atoms with Gasteiger partial charge in [-0.3, -0.25) is 0 Å². The Kier molecular flexibility index (Phi) is 3.71. The Morgan fingerprint density at radius 2 is 1.95 bits per heavy atom. The molecule has 1 aromatic heterocycles. The third kappa shape index (κ3) is 3.01. The molecule has 1 N–H and O–H groups in total. The first-order valence-corrected chi connectivity index (χ1v) is 6.09. The maximum atomic E-state index is 13.0. The molecule has 2 rings (SSSR count). The van der Waals surface area contributed by atoms with Gasteiger partial charge in [0.1, 0.15) is 10.5 Å². The highest BCUT2D eigenvalue weighted by Gasteiger charge is 2.33. The summed E-state index contributed by atoms with van der Waals surface area (Å²) in [7, 11) is 0. The number of aromatic amines is 1. The number of aromatic nitrogens is 2. The molecule has 19 heavy (non-hydrogen) atoms. The van der Waals surface area contributed by atoms with Crippen molar-refractivity contribution in [3.63, 3.8) is 0 Å². The Bertz CT molecular complexity index is 647. The Labute approximate surface area is 113 Å². The fourth-order valence-corrected chi connectivity index (χ4v) is 2.01. The van der Waals surface area contributed by atoms with E-state index < -0.39 is 11.7 Å². The monoisotopic (exact) mass is 284 g/mol. The average Bonchev–Trinajstić information content (AvgIpc) is 2.37. The van der Waals surface area contributed by atoms with E-state index in [-0.39, 0.29) is 10.2 Å². The molecule has 6 heteroatoms. The average molecular weight is 284 g/mol. The van der Waals surface area contributed by atoms with Gasteiger partial charge in [-0.25, -0.2) is 4.98 Å². The minimum absolute atomic E-state index is 0.0817. The van der Waals surface area contributed by atoms with Gasteiger partial charge in [-0.2, -0.15) is 13.2 Å².